The number of amides is 1. The molecule has 1 atom stereocenters. The Morgan fingerprint density at radius 1 is 1.12 bits per heavy atom. The number of carbonyl (C=O) groups is 1. The molecule has 0 bridgehead atoms. The van der Waals surface area contributed by atoms with E-state index in [9.17, 15) is 4.79 Å². The van der Waals surface area contributed by atoms with Crippen LogP contribution >= 0.6 is 0 Å². The number of hydrogen-bond donors (Lipinski definition) is 0. The summed E-state index contributed by atoms with van der Waals surface area (Å²) in [7, 11) is 0. The van der Waals surface area contributed by atoms with Crippen molar-refractivity contribution in [3.8, 4) is 0 Å². The van der Waals surface area contributed by atoms with Crippen molar-refractivity contribution >= 4 is 5.91 Å². The maximum Gasteiger partial charge on any atom is 0.230 e. The van der Waals surface area contributed by atoms with E-state index in [4.69, 9.17) is 0 Å². The van der Waals surface area contributed by atoms with Crippen molar-refractivity contribution in [3.63, 3.8) is 0 Å². The molecule has 0 radical (unpaired) electrons. The molecule has 0 saturated carbocycles. The largest absolute Gasteiger partial charge is 0.343 e. The monoisotopic (exact) mass is 219 g/mol. The van der Waals surface area contributed by atoms with Crippen molar-refractivity contribution in [1.29, 1.82) is 0 Å². The average Bonchev–Trinajstić information content (AvgIpc) is 2.33. The molecule has 2 nitrogen and oxygen atoms in total. The lowest BCUT2D eigenvalue weighted by molar-refractivity contribution is -0.132. The lowest BCUT2D eigenvalue weighted by atomic mass is 9.95. The summed E-state index contributed by atoms with van der Waals surface area (Å²) in [6.45, 7) is 7.70. The van der Waals surface area contributed by atoms with Crippen LogP contribution in [0.1, 0.15) is 38.7 Å². The quantitative estimate of drug-likeness (QED) is 0.745. The summed E-state index contributed by atoms with van der Waals surface area (Å²) in [5.74, 6) is 0.264. The Bertz CT molecular complexity index is 317. The van der Waals surface area contributed by atoms with Gasteiger partial charge in [0.1, 0.15) is 0 Å². The molecular weight excluding hydrogens is 198 g/mol. The molecule has 0 unspecified atom stereocenters. The summed E-state index contributed by atoms with van der Waals surface area (Å²) in [4.78, 5) is 14.2. The van der Waals surface area contributed by atoms with Gasteiger partial charge in [-0.2, -0.15) is 0 Å². The lowest BCUT2D eigenvalue weighted by Crippen LogP contribution is -2.34. The van der Waals surface area contributed by atoms with Gasteiger partial charge in [0.25, 0.3) is 0 Å². The van der Waals surface area contributed by atoms with Gasteiger partial charge in [-0.15, -0.1) is 0 Å². The van der Waals surface area contributed by atoms with Crippen molar-refractivity contribution in [3.05, 3.63) is 35.9 Å². The number of rotatable bonds is 5. The Morgan fingerprint density at radius 2 is 1.69 bits per heavy atom. The molecule has 16 heavy (non-hydrogen) atoms. The molecule has 88 valence electrons. The zero-order valence-corrected chi connectivity index (χ0v) is 10.4. The predicted octanol–water partition coefficient (Wildman–Crippen LogP) is 3.05. The Labute approximate surface area is 98.3 Å². The highest BCUT2D eigenvalue weighted by Gasteiger charge is 2.22. The number of carbonyl (C=O) groups excluding carboxylic acids is 1. The first-order valence-electron chi connectivity index (χ1n) is 6.08. The Morgan fingerprint density at radius 3 is 2.12 bits per heavy atom. The Balaban J connectivity index is 2.86. The van der Waals surface area contributed by atoms with Crippen molar-refractivity contribution in [1.82, 2.24) is 4.90 Å². The summed E-state index contributed by atoms with van der Waals surface area (Å²) < 4.78 is 0. The minimum Gasteiger partial charge on any atom is -0.343 e. The average molecular weight is 219 g/mol. The third kappa shape index (κ3) is 2.84. The first-order valence-corrected chi connectivity index (χ1v) is 6.08. The fourth-order valence-corrected chi connectivity index (χ4v) is 1.99. The Hall–Kier alpha value is -1.31. The standard InChI is InChI=1S/C14H21NO/c1-4-13(12-10-8-7-9-11-12)14(16)15(5-2)6-3/h7-11,13H,4-6H2,1-3H3/t13-/m1/s1. The highest BCUT2D eigenvalue weighted by molar-refractivity contribution is 5.83. The van der Waals surface area contributed by atoms with Crippen LogP contribution in [0, 0.1) is 0 Å². The molecule has 1 aromatic rings. The minimum atomic E-state index is 0.0149. The molecule has 0 aliphatic rings. The van der Waals surface area contributed by atoms with Crippen molar-refractivity contribution in [2.45, 2.75) is 33.1 Å². The molecule has 2 heteroatoms. The van der Waals surface area contributed by atoms with E-state index in [1.807, 2.05) is 49.1 Å². The number of benzene rings is 1. The molecule has 0 aliphatic heterocycles. The molecule has 0 fully saturated rings. The highest BCUT2D eigenvalue weighted by Crippen LogP contribution is 2.21. The van der Waals surface area contributed by atoms with E-state index in [-0.39, 0.29) is 11.8 Å². The number of hydrogen-bond acceptors (Lipinski definition) is 1. The van der Waals surface area contributed by atoms with Gasteiger partial charge in [-0.1, -0.05) is 37.3 Å². The van der Waals surface area contributed by atoms with Gasteiger partial charge in [0.2, 0.25) is 5.91 Å². The van der Waals surface area contributed by atoms with Crippen LogP contribution in [0.4, 0.5) is 0 Å². The smallest absolute Gasteiger partial charge is 0.230 e. The van der Waals surface area contributed by atoms with Gasteiger partial charge >= 0.3 is 0 Å². The number of nitrogens with zero attached hydrogens (tertiary/aromatic N) is 1. The van der Waals surface area contributed by atoms with E-state index < -0.39 is 0 Å². The van der Waals surface area contributed by atoms with E-state index in [0.29, 0.717) is 0 Å². The van der Waals surface area contributed by atoms with Crippen molar-refractivity contribution in [2.75, 3.05) is 13.1 Å². The summed E-state index contributed by atoms with van der Waals surface area (Å²) in [6, 6.07) is 10.0. The molecule has 1 rings (SSSR count). The molecule has 1 aromatic carbocycles. The predicted molar refractivity (Wildman–Crippen MR) is 67.4 cm³/mol. The van der Waals surface area contributed by atoms with Gasteiger partial charge in [0, 0.05) is 13.1 Å². The van der Waals surface area contributed by atoms with Crippen LogP contribution in [-0.2, 0) is 4.79 Å². The maximum absolute atomic E-state index is 12.3. The van der Waals surface area contributed by atoms with Crippen LogP contribution in [0.15, 0.2) is 30.3 Å². The Kier molecular flexibility index (Phi) is 5.03. The van der Waals surface area contributed by atoms with Crippen LogP contribution in [0.2, 0.25) is 0 Å². The third-order valence-corrected chi connectivity index (χ3v) is 2.98. The molecule has 0 aromatic heterocycles. The van der Waals surface area contributed by atoms with E-state index in [0.717, 1.165) is 25.1 Å². The van der Waals surface area contributed by atoms with Crippen LogP contribution in [0.3, 0.4) is 0 Å². The lowest BCUT2D eigenvalue weighted by Gasteiger charge is -2.24. The second-order valence-electron chi connectivity index (χ2n) is 3.88. The van der Waals surface area contributed by atoms with E-state index in [1.54, 1.807) is 0 Å². The van der Waals surface area contributed by atoms with Gasteiger partial charge < -0.3 is 4.90 Å². The topological polar surface area (TPSA) is 20.3 Å². The van der Waals surface area contributed by atoms with E-state index in [2.05, 4.69) is 6.92 Å². The molecule has 0 spiro atoms. The highest BCUT2D eigenvalue weighted by atomic mass is 16.2. The summed E-state index contributed by atoms with van der Waals surface area (Å²) in [5.41, 5.74) is 1.13. The van der Waals surface area contributed by atoms with Crippen LogP contribution in [-0.4, -0.2) is 23.9 Å². The van der Waals surface area contributed by atoms with Gasteiger partial charge in [0.15, 0.2) is 0 Å². The zero-order chi connectivity index (χ0) is 12.0. The fraction of sp³-hybridized carbons (Fsp3) is 0.500. The number of likely N-dealkylation sites (N-methyl/N-ethyl adjacent to an activating group) is 1. The summed E-state index contributed by atoms with van der Waals surface area (Å²) in [5, 5.41) is 0. The molecule has 0 N–H and O–H groups in total. The van der Waals surface area contributed by atoms with Crippen LogP contribution < -0.4 is 0 Å². The third-order valence-electron chi connectivity index (χ3n) is 2.98. The van der Waals surface area contributed by atoms with Crippen LogP contribution in [0.25, 0.3) is 0 Å². The second kappa shape index (κ2) is 6.31. The molecule has 0 saturated heterocycles. The van der Waals surface area contributed by atoms with E-state index in [1.165, 1.54) is 0 Å². The normalized spacial score (nSPS) is 12.2. The van der Waals surface area contributed by atoms with Gasteiger partial charge in [0.05, 0.1) is 5.92 Å². The van der Waals surface area contributed by atoms with Crippen molar-refractivity contribution < 1.29 is 4.79 Å². The molecular formula is C14H21NO. The zero-order valence-electron chi connectivity index (χ0n) is 10.4. The first-order chi connectivity index (χ1) is 7.74. The first kappa shape index (κ1) is 12.8. The minimum absolute atomic E-state index is 0.0149. The van der Waals surface area contributed by atoms with E-state index >= 15 is 0 Å². The molecule has 0 aliphatic carbocycles. The SMILES string of the molecule is CC[C@@H](C(=O)N(CC)CC)c1ccccc1. The molecule has 1 amide bonds. The van der Waals surface area contributed by atoms with Crippen molar-refractivity contribution in [2.24, 2.45) is 0 Å². The van der Waals surface area contributed by atoms with Gasteiger partial charge in [-0.3, -0.25) is 4.79 Å². The fourth-order valence-electron chi connectivity index (χ4n) is 1.99. The second-order valence-corrected chi connectivity index (χ2v) is 3.88. The summed E-state index contributed by atoms with van der Waals surface area (Å²) in [6.07, 6.45) is 0.860. The van der Waals surface area contributed by atoms with Gasteiger partial charge in [-0.25, -0.2) is 0 Å². The molecule has 0 heterocycles. The van der Waals surface area contributed by atoms with Crippen LogP contribution in [0.5, 0.6) is 0 Å². The summed E-state index contributed by atoms with van der Waals surface area (Å²) >= 11 is 0. The van der Waals surface area contributed by atoms with Gasteiger partial charge in [-0.05, 0) is 25.8 Å². The maximum atomic E-state index is 12.3.